The van der Waals surface area contributed by atoms with Crippen molar-refractivity contribution in [3.05, 3.63) is 180 Å². The SMILES string of the molecule is CC1(C)c2ccccc2N(c2ccccc2)c2ccc(-c3ccc4c(c3)C(C)(C)c3ccccc3N4c3ncc(-c4ccccc4)cn3)cc21. The van der Waals surface area contributed by atoms with Crippen molar-refractivity contribution in [1.29, 1.82) is 0 Å². The van der Waals surface area contributed by atoms with Crippen molar-refractivity contribution in [2.75, 3.05) is 9.80 Å². The number of fused-ring (bicyclic) bond motifs is 4. The minimum Gasteiger partial charge on any atom is -0.310 e. The molecule has 6 aromatic carbocycles. The molecule has 0 N–H and O–H groups in total. The smallest absolute Gasteiger partial charge is 0.234 e. The van der Waals surface area contributed by atoms with E-state index in [4.69, 9.17) is 9.97 Å². The van der Waals surface area contributed by atoms with Gasteiger partial charge in [0.05, 0.1) is 22.7 Å². The fourth-order valence-electron chi connectivity index (χ4n) is 8.05. The third kappa shape index (κ3) is 4.59. The zero-order valence-electron chi connectivity index (χ0n) is 28.8. The minimum atomic E-state index is -0.237. The molecule has 0 bridgehead atoms. The van der Waals surface area contributed by atoms with E-state index < -0.39 is 0 Å². The van der Waals surface area contributed by atoms with Gasteiger partial charge in [-0.15, -0.1) is 0 Å². The summed E-state index contributed by atoms with van der Waals surface area (Å²) in [5, 5.41) is 0. The standard InChI is InChI=1S/C46H38N4/c1-45(2)36-19-11-13-21-40(36)49(35-17-9-6-10-18-35)42-25-23-32(27-38(42)45)33-24-26-43-39(28-33)46(3,4)37-20-12-14-22-41(37)50(43)44-47-29-34(30-48-44)31-15-7-5-8-16-31/h5-30H,1-4H3. The van der Waals surface area contributed by atoms with E-state index in [0.717, 1.165) is 28.2 Å². The van der Waals surface area contributed by atoms with Crippen LogP contribution in [0.15, 0.2) is 158 Å². The molecule has 0 aliphatic carbocycles. The molecule has 9 rings (SSSR count). The lowest BCUT2D eigenvalue weighted by Crippen LogP contribution is -2.31. The number of benzene rings is 6. The molecular formula is C46H38N4. The first-order valence-electron chi connectivity index (χ1n) is 17.3. The predicted molar refractivity (Wildman–Crippen MR) is 207 cm³/mol. The highest BCUT2D eigenvalue weighted by Gasteiger charge is 2.39. The van der Waals surface area contributed by atoms with Gasteiger partial charge in [-0.05, 0) is 87.5 Å². The quantitative estimate of drug-likeness (QED) is 0.190. The summed E-state index contributed by atoms with van der Waals surface area (Å²) in [6, 6.07) is 52.4. The van der Waals surface area contributed by atoms with E-state index in [9.17, 15) is 0 Å². The summed E-state index contributed by atoms with van der Waals surface area (Å²) in [6.07, 6.45) is 3.86. The molecule has 0 saturated heterocycles. The molecule has 0 unspecified atom stereocenters. The molecule has 50 heavy (non-hydrogen) atoms. The summed E-state index contributed by atoms with van der Waals surface area (Å²) in [5.74, 6) is 0.664. The molecule has 0 atom stereocenters. The third-order valence-corrected chi connectivity index (χ3v) is 10.8. The Morgan fingerprint density at radius 2 is 0.820 bits per heavy atom. The Hall–Kier alpha value is -6.00. The molecule has 4 nitrogen and oxygen atoms in total. The van der Waals surface area contributed by atoms with Gasteiger partial charge in [0.15, 0.2) is 0 Å². The van der Waals surface area contributed by atoms with Gasteiger partial charge >= 0.3 is 0 Å². The summed E-state index contributed by atoms with van der Waals surface area (Å²) in [6.45, 7) is 9.36. The van der Waals surface area contributed by atoms with E-state index >= 15 is 0 Å². The Morgan fingerprint density at radius 3 is 1.38 bits per heavy atom. The van der Waals surface area contributed by atoms with E-state index in [2.05, 4.69) is 165 Å². The largest absolute Gasteiger partial charge is 0.310 e. The van der Waals surface area contributed by atoms with Crippen LogP contribution in [0.4, 0.5) is 34.4 Å². The van der Waals surface area contributed by atoms with Gasteiger partial charge in [-0.3, -0.25) is 4.90 Å². The van der Waals surface area contributed by atoms with E-state index in [-0.39, 0.29) is 10.8 Å². The molecule has 0 fully saturated rings. The van der Waals surface area contributed by atoms with Gasteiger partial charge in [0.1, 0.15) is 0 Å². The van der Waals surface area contributed by atoms with Crippen LogP contribution in [-0.4, -0.2) is 9.97 Å². The fourth-order valence-corrected chi connectivity index (χ4v) is 8.05. The number of nitrogens with zero attached hydrogens (tertiary/aromatic N) is 4. The first-order valence-corrected chi connectivity index (χ1v) is 17.3. The fraction of sp³-hybridized carbons (Fsp3) is 0.130. The summed E-state index contributed by atoms with van der Waals surface area (Å²) >= 11 is 0. The molecular weight excluding hydrogens is 609 g/mol. The van der Waals surface area contributed by atoms with E-state index in [1.807, 2.05) is 30.6 Å². The van der Waals surface area contributed by atoms with Crippen LogP contribution in [0.5, 0.6) is 0 Å². The second-order valence-corrected chi connectivity index (χ2v) is 14.4. The average Bonchev–Trinajstić information content (AvgIpc) is 3.16. The molecule has 0 radical (unpaired) electrons. The lowest BCUT2D eigenvalue weighted by molar-refractivity contribution is 0.630. The second-order valence-electron chi connectivity index (χ2n) is 14.4. The molecule has 2 aliphatic heterocycles. The monoisotopic (exact) mass is 646 g/mol. The van der Waals surface area contributed by atoms with Crippen molar-refractivity contribution in [2.45, 2.75) is 38.5 Å². The maximum atomic E-state index is 4.93. The van der Waals surface area contributed by atoms with Crippen molar-refractivity contribution in [3.8, 4) is 22.3 Å². The zero-order valence-corrected chi connectivity index (χ0v) is 28.8. The highest BCUT2D eigenvalue weighted by Crippen LogP contribution is 2.54. The normalized spacial score (nSPS) is 15.0. The lowest BCUT2D eigenvalue weighted by atomic mass is 9.72. The molecule has 7 aromatic rings. The minimum absolute atomic E-state index is 0.181. The van der Waals surface area contributed by atoms with Gasteiger partial charge in [0.25, 0.3) is 0 Å². The van der Waals surface area contributed by atoms with Gasteiger partial charge in [-0.1, -0.05) is 125 Å². The Bertz CT molecular complexity index is 2380. The van der Waals surface area contributed by atoms with Crippen LogP contribution in [0.1, 0.15) is 49.9 Å². The molecule has 0 saturated carbocycles. The Kier molecular flexibility index (Phi) is 6.79. The van der Waals surface area contributed by atoms with Crippen molar-refractivity contribution < 1.29 is 0 Å². The zero-order chi connectivity index (χ0) is 34.0. The number of aromatic nitrogens is 2. The number of hydrogen-bond acceptors (Lipinski definition) is 4. The van der Waals surface area contributed by atoms with Gasteiger partial charge in [-0.2, -0.15) is 0 Å². The van der Waals surface area contributed by atoms with E-state index in [0.29, 0.717) is 5.95 Å². The highest BCUT2D eigenvalue weighted by molar-refractivity contribution is 5.89. The summed E-state index contributed by atoms with van der Waals surface area (Å²) in [7, 11) is 0. The predicted octanol–water partition coefficient (Wildman–Crippen LogP) is 12.0. The number of anilines is 6. The van der Waals surface area contributed by atoms with Gasteiger partial charge in [-0.25, -0.2) is 9.97 Å². The van der Waals surface area contributed by atoms with Crippen LogP contribution in [0, 0.1) is 0 Å². The number of hydrogen-bond donors (Lipinski definition) is 0. The molecule has 0 spiro atoms. The molecule has 242 valence electrons. The van der Waals surface area contributed by atoms with Gasteiger partial charge in [0.2, 0.25) is 5.95 Å². The molecule has 3 heterocycles. The van der Waals surface area contributed by atoms with Crippen LogP contribution in [0.3, 0.4) is 0 Å². The Morgan fingerprint density at radius 1 is 0.380 bits per heavy atom. The first kappa shape index (κ1) is 30.1. The van der Waals surface area contributed by atoms with Gasteiger partial charge < -0.3 is 4.90 Å². The van der Waals surface area contributed by atoms with Crippen LogP contribution >= 0.6 is 0 Å². The van der Waals surface area contributed by atoms with Crippen LogP contribution in [-0.2, 0) is 10.8 Å². The Labute approximate surface area is 294 Å². The van der Waals surface area contributed by atoms with E-state index in [1.165, 1.54) is 44.8 Å². The summed E-state index contributed by atoms with van der Waals surface area (Å²) in [5.41, 5.74) is 15.1. The molecule has 0 amide bonds. The van der Waals surface area contributed by atoms with Crippen LogP contribution < -0.4 is 9.80 Å². The summed E-state index contributed by atoms with van der Waals surface area (Å²) < 4.78 is 0. The van der Waals surface area contributed by atoms with Crippen LogP contribution in [0.2, 0.25) is 0 Å². The first-order chi connectivity index (χ1) is 24.3. The average molecular weight is 647 g/mol. The van der Waals surface area contributed by atoms with E-state index in [1.54, 1.807) is 0 Å². The van der Waals surface area contributed by atoms with Crippen molar-refractivity contribution >= 4 is 34.4 Å². The van der Waals surface area contributed by atoms with Crippen molar-refractivity contribution in [3.63, 3.8) is 0 Å². The second kappa shape index (κ2) is 11.3. The maximum Gasteiger partial charge on any atom is 0.234 e. The topological polar surface area (TPSA) is 32.3 Å². The number of para-hydroxylation sites is 3. The summed E-state index contributed by atoms with van der Waals surface area (Å²) in [4.78, 5) is 14.5. The Balaban J connectivity index is 1.17. The van der Waals surface area contributed by atoms with Crippen molar-refractivity contribution in [2.24, 2.45) is 0 Å². The maximum absolute atomic E-state index is 4.93. The molecule has 1 aromatic heterocycles. The van der Waals surface area contributed by atoms with Gasteiger partial charge in [0, 0.05) is 34.5 Å². The third-order valence-electron chi connectivity index (χ3n) is 10.8. The molecule has 4 heteroatoms. The van der Waals surface area contributed by atoms with Crippen molar-refractivity contribution in [1.82, 2.24) is 9.97 Å². The number of rotatable bonds is 4. The molecule has 2 aliphatic rings. The highest BCUT2D eigenvalue weighted by atomic mass is 15.3. The lowest BCUT2D eigenvalue weighted by Gasteiger charge is -2.42. The van der Waals surface area contributed by atoms with Crippen LogP contribution in [0.25, 0.3) is 22.3 Å².